The van der Waals surface area contributed by atoms with Gasteiger partial charge in [-0.3, -0.25) is 9.69 Å². The summed E-state index contributed by atoms with van der Waals surface area (Å²) < 4.78 is 23.3. The summed E-state index contributed by atoms with van der Waals surface area (Å²) >= 11 is 0. The number of nitrogens with one attached hydrogen (secondary N) is 1. The summed E-state index contributed by atoms with van der Waals surface area (Å²) in [6.07, 6.45) is 0. The average Bonchev–Trinajstić information content (AvgIpc) is 3.08. The second-order valence-corrected chi connectivity index (χ2v) is 5.43. The lowest BCUT2D eigenvalue weighted by Gasteiger charge is -2.12. The number of urea groups is 1. The number of carbonyl (C=O) groups excluding carboxylic acids is 3. The van der Waals surface area contributed by atoms with E-state index in [1.807, 2.05) is 0 Å². The molecular formula is C18H15FN2O5. The molecule has 26 heavy (non-hydrogen) atoms. The first-order chi connectivity index (χ1) is 12.5. The van der Waals surface area contributed by atoms with Gasteiger partial charge in [-0.25, -0.2) is 14.0 Å². The van der Waals surface area contributed by atoms with Crippen LogP contribution in [0.25, 0.3) is 0 Å². The van der Waals surface area contributed by atoms with Crippen LogP contribution in [0.3, 0.4) is 0 Å². The van der Waals surface area contributed by atoms with Gasteiger partial charge in [0.1, 0.15) is 17.3 Å². The number of imide groups is 1. The number of benzene rings is 2. The quantitative estimate of drug-likeness (QED) is 0.829. The Kier molecular flexibility index (Phi) is 5.12. The van der Waals surface area contributed by atoms with E-state index in [2.05, 4.69) is 5.32 Å². The number of halogens is 1. The van der Waals surface area contributed by atoms with E-state index in [1.54, 1.807) is 12.1 Å². The van der Waals surface area contributed by atoms with Gasteiger partial charge in [0.05, 0.1) is 5.56 Å². The van der Waals surface area contributed by atoms with E-state index in [4.69, 9.17) is 9.47 Å². The molecule has 1 heterocycles. The standard InChI is InChI=1S/C18H15FN2O5/c19-13-3-7-15(8-4-13)26-14-5-1-12(2-6-14)17(23)25-11-16(22)21-10-9-20-18(21)24/h1-8H,9-11H2,(H,20,24). The van der Waals surface area contributed by atoms with Crippen LogP contribution in [0.4, 0.5) is 9.18 Å². The first kappa shape index (κ1) is 17.4. The molecule has 0 bridgehead atoms. The molecule has 134 valence electrons. The smallest absolute Gasteiger partial charge is 0.338 e. The first-order valence-corrected chi connectivity index (χ1v) is 7.82. The molecule has 2 aromatic rings. The van der Waals surface area contributed by atoms with Crippen molar-refractivity contribution in [1.82, 2.24) is 10.2 Å². The minimum atomic E-state index is -0.689. The lowest BCUT2D eigenvalue weighted by molar-refractivity contribution is -0.130. The Morgan fingerprint density at radius 2 is 1.65 bits per heavy atom. The lowest BCUT2D eigenvalue weighted by Crippen LogP contribution is -2.37. The molecule has 1 saturated heterocycles. The third kappa shape index (κ3) is 4.15. The van der Waals surface area contributed by atoms with Crippen LogP contribution in [0.1, 0.15) is 10.4 Å². The molecule has 0 aliphatic carbocycles. The van der Waals surface area contributed by atoms with E-state index in [0.717, 1.165) is 4.90 Å². The van der Waals surface area contributed by atoms with Crippen molar-refractivity contribution in [3.8, 4) is 11.5 Å². The van der Waals surface area contributed by atoms with Gasteiger partial charge in [-0.05, 0) is 48.5 Å². The van der Waals surface area contributed by atoms with Gasteiger partial charge in [0.25, 0.3) is 5.91 Å². The zero-order chi connectivity index (χ0) is 18.5. The average molecular weight is 358 g/mol. The zero-order valence-corrected chi connectivity index (χ0v) is 13.6. The van der Waals surface area contributed by atoms with Crippen LogP contribution in [0.15, 0.2) is 48.5 Å². The Morgan fingerprint density at radius 3 is 2.23 bits per heavy atom. The van der Waals surface area contributed by atoms with Crippen molar-refractivity contribution >= 4 is 17.9 Å². The molecule has 3 amide bonds. The molecule has 0 atom stereocenters. The van der Waals surface area contributed by atoms with Gasteiger partial charge in [-0.1, -0.05) is 0 Å². The van der Waals surface area contributed by atoms with Gasteiger partial charge >= 0.3 is 12.0 Å². The number of rotatable bonds is 5. The van der Waals surface area contributed by atoms with Gasteiger partial charge in [0.2, 0.25) is 0 Å². The van der Waals surface area contributed by atoms with Crippen molar-refractivity contribution in [2.45, 2.75) is 0 Å². The molecule has 1 aliphatic heterocycles. The summed E-state index contributed by atoms with van der Waals surface area (Å²) in [5.41, 5.74) is 0.232. The normalized spacial score (nSPS) is 13.3. The highest BCUT2D eigenvalue weighted by molar-refractivity contribution is 5.98. The second-order valence-electron chi connectivity index (χ2n) is 5.43. The summed E-state index contributed by atoms with van der Waals surface area (Å²) in [6, 6.07) is 11.1. The third-order valence-electron chi connectivity index (χ3n) is 3.62. The van der Waals surface area contributed by atoms with Crippen molar-refractivity contribution in [2.24, 2.45) is 0 Å². The molecule has 0 radical (unpaired) electrons. The van der Waals surface area contributed by atoms with Gasteiger partial charge in [-0.2, -0.15) is 0 Å². The highest BCUT2D eigenvalue weighted by atomic mass is 19.1. The largest absolute Gasteiger partial charge is 0.457 e. The predicted molar refractivity (Wildman–Crippen MR) is 88.3 cm³/mol. The SMILES string of the molecule is O=C(OCC(=O)N1CCNC1=O)c1ccc(Oc2ccc(F)cc2)cc1. The molecule has 1 aliphatic rings. The number of hydrogen-bond acceptors (Lipinski definition) is 5. The molecule has 0 saturated carbocycles. The summed E-state index contributed by atoms with van der Waals surface area (Å²) in [5.74, 6) is -0.721. The maximum Gasteiger partial charge on any atom is 0.338 e. The molecule has 0 spiro atoms. The highest BCUT2D eigenvalue weighted by Crippen LogP contribution is 2.22. The molecule has 1 N–H and O–H groups in total. The molecule has 0 aromatic heterocycles. The Labute approximate surface area is 148 Å². The van der Waals surface area contributed by atoms with E-state index >= 15 is 0 Å². The van der Waals surface area contributed by atoms with Crippen molar-refractivity contribution in [3.63, 3.8) is 0 Å². The second kappa shape index (κ2) is 7.64. The Bertz CT molecular complexity index is 820. The summed E-state index contributed by atoms with van der Waals surface area (Å²) in [7, 11) is 0. The maximum atomic E-state index is 12.9. The van der Waals surface area contributed by atoms with Crippen LogP contribution in [0.2, 0.25) is 0 Å². The van der Waals surface area contributed by atoms with E-state index in [9.17, 15) is 18.8 Å². The predicted octanol–water partition coefficient (Wildman–Crippen LogP) is 2.33. The van der Waals surface area contributed by atoms with Gasteiger partial charge in [0.15, 0.2) is 6.61 Å². The van der Waals surface area contributed by atoms with Gasteiger partial charge < -0.3 is 14.8 Å². The molecule has 7 nitrogen and oxygen atoms in total. The van der Waals surface area contributed by atoms with Gasteiger partial charge in [0, 0.05) is 13.1 Å². The van der Waals surface area contributed by atoms with Crippen LogP contribution in [-0.4, -0.2) is 42.5 Å². The van der Waals surface area contributed by atoms with Crippen molar-refractivity contribution in [3.05, 3.63) is 59.9 Å². The summed E-state index contributed by atoms with van der Waals surface area (Å²) in [4.78, 5) is 36.1. The number of carbonyl (C=O) groups is 3. The Morgan fingerprint density at radius 1 is 1.04 bits per heavy atom. The van der Waals surface area contributed by atoms with Crippen molar-refractivity contribution in [2.75, 3.05) is 19.7 Å². The number of amides is 3. The van der Waals surface area contributed by atoms with E-state index < -0.39 is 24.5 Å². The van der Waals surface area contributed by atoms with Crippen LogP contribution < -0.4 is 10.1 Å². The Hall–Kier alpha value is -3.42. The molecule has 3 rings (SSSR count). The fourth-order valence-electron chi connectivity index (χ4n) is 2.30. The Balaban J connectivity index is 1.54. The molecule has 8 heteroatoms. The number of esters is 1. The van der Waals surface area contributed by atoms with Crippen LogP contribution >= 0.6 is 0 Å². The van der Waals surface area contributed by atoms with Crippen LogP contribution in [0, 0.1) is 5.82 Å². The van der Waals surface area contributed by atoms with E-state index in [0.29, 0.717) is 18.0 Å². The lowest BCUT2D eigenvalue weighted by atomic mass is 10.2. The topological polar surface area (TPSA) is 84.9 Å². The summed E-state index contributed by atoms with van der Waals surface area (Å²) in [5, 5.41) is 2.49. The number of nitrogens with zero attached hydrogens (tertiary/aromatic N) is 1. The highest BCUT2D eigenvalue weighted by Gasteiger charge is 2.26. The molecule has 2 aromatic carbocycles. The van der Waals surface area contributed by atoms with Crippen LogP contribution in [0.5, 0.6) is 11.5 Å². The van der Waals surface area contributed by atoms with Crippen LogP contribution in [-0.2, 0) is 9.53 Å². The number of hydrogen-bond donors (Lipinski definition) is 1. The first-order valence-electron chi connectivity index (χ1n) is 7.82. The minimum Gasteiger partial charge on any atom is -0.457 e. The summed E-state index contributed by atoms with van der Waals surface area (Å²) in [6.45, 7) is 0.124. The maximum absolute atomic E-state index is 12.9. The molecule has 1 fully saturated rings. The molecule has 0 unspecified atom stereocenters. The fourth-order valence-corrected chi connectivity index (χ4v) is 2.30. The molecular weight excluding hydrogens is 343 g/mol. The monoisotopic (exact) mass is 358 g/mol. The van der Waals surface area contributed by atoms with Crippen molar-refractivity contribution in [1.29, 1.82) is 0 Å². The number of ether oxygens (including phenoxy) is 2. The van der Waals surface area contributed by atoms with E-state index in [-0.39, 0.29) is 17.9 Å². The zero-order valence-electron chi connectivity index (χ0n) is 13.6. The van der Waals surface area contributed by atoms with Gasteiger partial charge in [-0.15, -0.1) is 0 Å². The fraction of sp³-hybridized carbons (Fsp3) is 0.167. The van der Waals surface area contributed by atoms with E-state index in [1.165, 1.54) is 36.4 Å². The third-order valence-corrected chi connectivity index (χ3v) is 3.62. The minimum absolute atomic E-state index is 0.232. The van der Waals surface area contributed by atoms with Crippen molar-refractivity contribution < 1.29 is 28.2 Å².